The Balaban J connectivity index is 2.68. The highest BCUT2D eigenvalue weighted by molar-refractivity contribution is 5.29. The molecule has 1 aromatic carbocycles. The van der Waals surface area contributed by atoms with Crippen molar-refractivity contribution in [2.75, 3.05) is 6.61 Å². The Morgan fingerprint density at radius 1 is 1.00 bits per heavy atom. The number of unbranched alkanes of at least 4 members (excludes halogenated alkanes) is 1. The average Bonchev–Trinajstić information content (AvgIpc) is 2.34. The van der Waals surface area contributed by atoms with Crippen LogP contribution in [-0.4, -0.2) is 6.61 Å². The first-order chi connectivity index (χ1) is 8.77. The standard InChI is InChI=1S/C16H27NO2/c1-6-7-12-18-19-16(4,5)14-10-8-13(9-11-14)15(2,3)17/h8-11H,6-7,12,17H2,1-5H3. The van der Waals surface area contributed by atoms with Gasteiger partial charge in [-0.2, -0.15) is 0 Å². The zero-order valence-corrected chi connectivity index (χ0v) is 12.8. The first-order valence-electron chi connectivity index (χ1n) is 6.98. The molecule has 0 aliphatic rings. The maximum Gasteiger partial charge on any atom is 0.123 e. The molecule has 0 fully saturated rings. The molecule has 0 spiro atoms. The van der Waals surface area contributed by atoms with E-state index in [4.69, 9.17) is 15.5 Å². The Morgan fingerprint density at radius 2 is 1.53 bits per heavy atom. The van der Waals surface area contributed by atoms with Gasteiger partial charge in [-0.3, -0.25) is 0 Å². The van der Waals surface area contributed by atoms with Gasteiger partial charge in [-0.1, -0.05) is 37.6 Å². The second-order valence-corrected chi connectivity index (χ2v) is 6.07. The molecule has 0 atom stereocenters. The summed E-state index contributed by atoms with van der Waals surface area (Å²) in [5.74, 6) is 0. The van der Waals surface area contributed by atoms with E-state index in [-0.39, 0.29) is 5.54 Å². The molecule has 0 saturated carbocycles. The van der Waals surface area contributed by atoms with Crippen molar-refractivity contribution in [2.24, 2.45) is 5.73 Å². The van der Waals surface area contributed by atoms with E-state index in [1.807, 2.05) is 52.0 Å². The highest BCUT2D eigenvalue weighted by atomic mass is 17.2. The van der Waals surface area contributed by atoms with Gasteiger partial charge in [-0.05, 0) is 45.2 Å². The Labute approximate surface area is 117 Å². The van der Waals surface area contributed by atoms with Crippen molar-refractivity contribution in [2.45, 2.75) is 58.6 Å². The zero-order chi connectivity index (χ0) is 14.5. The van der Waals surface area contributed by atoms with Gasteiger partial charge in [0.15, 0.2) is 0 Å². The van der Waals surface area contributed by atoms with Gasteiger partial charge in [0.05, 0.1) is 6.61 Å². The lowest BCUT2D eigenvalue weighted by atomic mass is 9.91. The minimum Gasteiger partial charge on any atom is -0.322 e. The Kier molecular flexibility index (Phi) is 5.53. The van der Waals surface area contributed by atoms with Crippen LogP contribution in [0.15, 0.2) is 24.3 Å². The minimum atomic E-state index is -0.453. The molecule has 3 nitrogen and oxygen atoms in total. The molecule has 0 heterocycles. The van der Waals surface area contributed by atoms with Crippen molar-refractivity contribution >= 4 is 0 Å². The largest absolute Gasteiger partial charge is 0.322 e. The van der Waals surface area contributed by atoms with Gasteiger partial charge >= 0.3 is 0 Å². The van der Waals surface area contributed by atoms with Crippen molar-refractivity contribution in [3.8, 4) is 0 Å². The van der Waals surface area contributed by atoms with Crippen molar-refractivity contribution < 1.29 is 9.78 Å². The van der Waals surface area contributed by atoms with E-state index < -0.39 is 5.60 Å². The molecular formula is C16H27NO2. The zero-order valence-electron chi connectivity index (χ0n) is 12.8. The van der Waals surface area contributed by atoms with Gasteiger partial charge < -0.3 is 5.73 Å². The summed E-state index contributed by atoms with van der Waals surface area (Å²) in [5.41, 5.74) is 7.49. The van der Waals surface area contributed by atoms with Crippen LogP contribution < -0.4 is 5.73 Å². The van der Waals surface area contributed by atoms with Crippen LogP contribution in [0.1, 0.15) is 58.6 Å². The average molecular weight is 265 g/mol. The normalized spacial score (nSPS) is 12.7. The molecule has 0 aliphatic heterocycles. The predicted molar refractivity (Wildman–Crippen MR) is 78.6 cm³/mol. The van der Waals surface area contributed by atoms with Crippen molar-refractivity contribution in [1.82, 2.24) is 0 Å². The highest BCUT2D eigenvalue weighted by Crippen LogP contribution is 2.27. The summed E-state index contributed by atoms with van der Waals surface area (Å²) in [6, 6.07) is 8.19. The molecule has 1 rings (SSSR count). The second-order valence-electron chi connectivity index (χ2n) is 6.07. The summed E-state index contributed by atoms with van der Waals surface area (Å²) in [7, 11) is 0. The first-order valence-corrected chi connectivity index (χ1v) is 6.98. The molecule has 0 unspecified atom stereocenters. The van der Waals surface area contributed by atoms with Crippen LogP contribution in [-0.2, 0) is 20.9 Å². The van der Waals surface area contributed by atoms with Crippen molar-refractivity contribution in [3.05, 3.63) is 35.4 Å². The molecule has 0 amide bonds. The molecule has 0 bridgehead atoms. The summed E-state index contributed by atoms with van der Waals surface area (Å²) in [6.45, 7) is 10.8. The Morgan fingerprint density at radius 3 is 2.00 bits per heavy atom. The van der Waals surface area contributed by atoms with Crippen molar-refractivity contribution in [3.63, 3.8) is 0 Å². The molecule has 0 saturated heterocycles. The molecule has 0 aliphatic carbocycles. The summed E-state index contributed by atoms with van der Waals surface area (Å²) < 4.78 is 0. The summed E-state index contributed by atoms with van der Waals surface area (Å²) >= 11 is 0. The highest BCUT2D eigenvalue weighted by Gasteiger charge is 2.23. The van der Waals surface area contributed by atoms with Crippen molar-refractivity contribution in [1.29, 1.82) is 0 Å². The third-order valence-electron chi connectivity index (χ3n) is 3.17. The van der Waals surface area contributed by atoms with Crippen LogP contribution in [0.5, 0.6) is 0 Å². The number of rotatable bonds is 7. The smallest absolute Gasteiger partial charge is 0.123 e. The number of hydrogen-bond acceptors (Lipinski definition) is 3. The minimum absolute atomic E-state index is 0.318. The number of benzene rings is 1. The van der Waals surface area contributed by atoms with Crippen LogP contribution in [0.3, 0.4) is 0 Å². The van der Waals surface area contributed by atoms with Crippen LogP contribution in [0.4, 0.5) is 0 Å². The van der Waals surface area contributed by atoms with Crippen LogP contribution >= 0.6 is 0 Å². The van der Waals surface area contributed by atoms with E-state index in [0.717, 1.165) is 24.0 Å². The van der Waals surface area contributed by atoms with E-state index in [9.17, 15) is 0 Å². The quantitative estimate of drug-likeness (QED) is 0.462. The fourth-order valence-corrected chi connectivity index (χ4v) is 1.74. The van der Waals surface area contributed by atoms with Gasteiger partial charge in [-0.15, -0.1) is 0 Å². The molecule has 3 heteroatoms. The Bertz CT molecular complexity index is 377. The topological polar surface area (TPSA) is 44.5 Å². The van der Waals surface area contributed by atoms with E-state index >= 15 is 0 Å². The van der Waals surface area contributed by atoms with Gasteiger partial charge in [0.2, 0.25) is 0 Å². The maximum absolute atomic E-state index is 6.07. The third-order valence-corrected chi connectivity index (χ3v) is 3.17. The molecule has 1 aromatic rings. The first kappa shape index (κ1) is 16.2. The van der Waals surface area contributed by atoms with Crippen LogP contribution in [0.2, 0.25) is 0 Å². The second kappa shape index (κ2) is 6.51. The van der Waals surface area contributed by atoms with Gasteiger partial charge in [0.1, 0.15) is 5.60 Å². The van der Waals surface area contributed by atoms with Gasteiger partial charge in [0.25, 0.3) is 0 Å². The molecule has 19 heavy (non-hydrogen) atoms. The molecule has 0 aromatic heterocycles. The molecule has 108 valence electrons. The van der Waals surface area contributed by atoms with E-state index in [1.165, 1.54) is 0 Å². The third kappa shape index (κ3) is 4.94. The van der Waals surface area contributed by atoms with E-state index in [2.05, 4.69) is 6.92 Å². The fourth-order valence-electron chi connectivity index (χ4n) is 1.74. The number of hydrogen-bond donors (Lipinski definition) is 1. The van der Waals surface area contributed by atoms with E-state index in [0.29, 0.717) is 6.61 Å². The number of nitrogens with two attached hydrogens (primary N) is 1. The lowest BCUT2D eigenvalue weighted by Gasteiger charge is -2.26. The lowest BCUT2D eigenvalue weighted by Crippen LogP contribution is -2.29. The lowest BCUT2D eigenvalue weighted by molar-refractivity contribution is -0.358. The summed E-state index contributed by atoms with van der Waals surface area (Å²) in [4.78, 5) is 10.8. The maximum atomic E-state index is 6.07. The SMILES string of the molecule is CCCCOOC(C)(C)c1ccc(C(C)(C)N)cc1. The Hall–Kier alpha value is -0.900. The van der Waals surface area contributed by atoms with Crippen LogP contribution in [0, 0.1) is 0 Å². The van der Waals surface area contributed by atoms with Gasteiger partial charge in [-0.25, -0.2) is 9.78 Å². The summed E-state index contributed by atoms with van der Waals surface area (Å²) in [5, 5.41) is 0. The molecule has 2 N–H and O–H groups in total. The molecule has 0 radical (unpaired) electrons. The fraction of sp³-hybridized carbons (Fsp3) is 0.625. The predicted octanol–water partition coefficient (Wildman–Crippen LogP) is 3.86. The van der Waals surface area contributed by atoms with Crippen LogP contribution in [0.25, 0.3) is 0 Å². The molecular weight excluding hydrogens is 238 g/mol. The summed E-state index contributed by atoms with van der Waals surface area (Å²) in [6.07, 6.45) is 2.11. The monoisotopic (exact) mass is 265 g/mol. The van der Waals surface area contributed by atoms with E-state index in [1.54, 1.807) is 0 Å². The van der Waals surface area contributed by atoms with Gasteiger partial charge in [0, 0.05) is 5.54 Å².